The molecular formula is C23H22ClN3O8S. The molecule has 1 unspecified atom stereocenters. The van der Waals surface area contributed by atoms with E-state index in [2.05, 4.69) is 10.3 Å². The number of aromatic carboxylic acids is 1. The molecule has 190 valence electrons. The maximum Gasteiger partial charge on any atom is 0.352 e. The fraction of sp³-hybridized carbons (Fsp3) is 0.261. The van der Waals surface area contributed by atoms with E-state index in [-0.39, 0.29) is 21.5 Å². The zero-order valence-electron chi connectivity index (χ0n) is 18.9. The molecule has 2 heterocycles. The average molecular weight is 536 g/mol. The molecule has 1 aliphatic rings. The van der Waals surface area contributed by atoms with Crippen LogP contribution >= 0.6 is 11.6 Å². The van der Waals surface area contributed by atoms with Crippen molar-refractivity contribution >= 4 is 55.8 Å². The second-order valence-electron chi connectivity index (χ2n) is 8.15. The number of H-pyrrole nitrogens is 1. The third kappa shape index (κ3) is 4.38. The predicted molar refractivity (Wildman–Crippen MR) is 131 cm³/mol. The number of hydrogen-bond acceptors (Lipinski definition) is 7. The number of ether oxygens (including phenoxy) is 1. The molecule has 1 aromatic heterocycles. The van der Waals surface area contributed by atoms with Crippen LogP contribution in [0.3, 0.4) is 0 Å². The van der Waals surface area contributed by atoms with Gasteiger partial charge in [-0.2, -0.15) is 0 Å². The number of carboxylic acid groups (broad SMARTS) is 1. The van der Waals surface area contributed by atoms with E-state index in [1.807, 2.05) is 0 Å². The van der Waals surface area contributed by atoms with Gasteiger partial charge in [0.25, 0.3) is 11.8 Å². The predicted octanol–water partition coefficient (Wildman–Crippen LogP) is 2.90. The number of nitrogens with two attached hydrogens (primary N) is 1. The maximum absolute atomic E-state index is 13.2. The number of nitrogens with one attached hydrogen (secondary N) is 2. The van der Waals surface area contributed by atoms with Crippen molar-refractivity contribution in [1.29, 1.82) is 0 Å². The second-order valence-corrected chi connectivity index (χ2v) is 10.8. The van der Waals surface area contributed by atoms with Gasteiger partial charge in [0, 0.05) is 33.7 Å². The summed E-state index contributed by atoms with van der Waals surface area (Å²) in [6.07, 6.45) is 0.0930. The number of carbonyl (C=O) groups is 3. The molecule has 13 heteroatoms. The van der Waals surface area contributed by atoms with Crippen molar-refractivity contribution in [2.45, 2.75) is 30.8 Å². The number of rotatable bonds is 7. The van der Waals surface area contributed by atoms with E-state index < -0.39 is 67.1 Å². The summed E-state index contributed by atoms with van der Waals surface area (Å²) in [6.45, 7) is 1.68. The molecule has 6 N–H and O–H groups in total. The Kier molecular flexibility index (Phi) is 6.69. The molecule has 0 spiro atoms. The number of benzene rings is 2. The molecule has 1 saturated heterocycles. The number of primary amides is 1. The largest absolute Gasteiger partial charge is 0.505 e. The number of sulfone groups is 1. The lowest BCUT2D eigenvalue weighted by atomic mass is 9.96. The molecule has 2 aromatic carbocycles. The van der Waals surface area contributed by atoms with Crippen LogP contribution in [0, 0.1) is 0 Å². The summed E-state index contributed by atoms with van der Waals surface area (Å²) < 4.78 is 31.8. The van der Waals surface area contributed by atoms with Crippen LogP contribution in [0.15, 0.2) is 29.2 Å². The minimum absolute atomic E-state index is 0.152. The standard InChI is InChI=1S/C23H22ClN3O8S/c1-2-36(33,34)15-9-12(21(25)29)20(28)18(27-22(30)14-4-3-7-35-14)17(15)16-11-8-10(24)5-6-13(11)26-19(16)23(31)32/h5-6,8-9,14,26,28H,2-4,7H2,1H3,(H2,25,29)(H,27,30)(H,31,32). The van der Waals surface area contributed by atoms with Crippen LogP contribution in [0.2, 0.25) is 5.02 Å². The van der Waals surface area contributed by atoms with E-state index in [0.29, 0.717) is 25.0 Å². The van der Waals surface area contributed by atoms with Crippen molar-refractivity contribution in [2.24, 2.45) is 5.73 Å². The first-order valence-corrected chi connectivity index (χ1v) is 12.9. The topological polar surface area (TPSA) is 189 Å². The van der Waals surface area contributed by atoms with Crippen LogP contribution in [0.25, 0.3) is 22.0 Å². The molecule has 3 aromatic rings. The lowest BCUT2D eigenvalue weighted by Gasteiger charge is -2.20. The van der Waals surface area contributed by atoms with Crippen molar-refractivity contribution in [3.8, 4) is 16.9 Å². The molecule has 2 amide bonds. The number of aromatic hydroxyl groups is 1. The monoisotopic (exact) mass is 535 g/mol. The third-order valence-corrected chi connectivity index (χ3v) is 7.93. The van der Waals surface area contributed by atoms with Gasteiger partial charge >= 0.3 is 5.97 Å². The zero-order chi connectivity index (χ0) is 26.4. The molecule has 0 saturated carbocycles. The van der Waals surface area contributed by atoms with E-state index in [9.17, 15) is 33.0 Å². The number of aromatic amines is 1. The SMILES string of the molecule is CCS(=O)(=O)c1cc(C(N)=O)c(O)c(NC(=O)C2CCCO2)c1-c1c(C(=O)O)[nH]c2ccc(Cl)cc12. The van der Waals surface area contributed by atoms with E-state index in [4.69, 9.17) is 22.1 Å². The highest BCUT2D eigenvalue weighted by atomic mass is 35.5. The number of aromatic nitrogens is 1. The van der Waals surface area contributed by atoms with Gasteiger partial charge in [-0.15, -0.1) is 0 Å². The molecular weight excluding hydrogens is 514 g/mol. The third-order valence-electron chi connectivity index (χ3n) is 5.94. The Morgan fingerprint density at radius 1 is 1.25 bits per heavy atom. The van der Waals surface area contributed by atoms with E-state index in [1.165, 1.54) is 25.1 Å². The fourth-order valence-corrected chi connectivity index (χ4v) is 5.47. The number of fused-ring (bicyclic) bond motifs is 1. The Bertz CT molecular complexity index is 1520. The number of phenols is 1. The Hall–Kier alpha value is -3.61. The van der Waals surface area contributed by atoms with Crippen molar-refractivity contribution in [3.05, 3.63) is 40.5 Å². The van der Waals surface area contributed by atoms with Crippen molar-refractivity contribution in [1.82, 2.24) is 4.98 Å². The Balaban J connectivity index is 2.17. The molecule has 0 radical (unpaired) electrons. The minimum atomic E-state index is -4.17. The van der Waals surface area contributed by atoms with Crippen LogP contribution in [0.4, 0.5) is 5.69 Å². The van der Waals surface area contributed by atoms with Crippen LogP contribution < -0.4 is 11.1 Å². The summed E-state index contributed by atoms with van der Waals surface area (Å²) in [5.41, 5.74) is 3.76. The van der Waals surface area contributed by atoms with Crippen molar-refractivity contribution in [3.63, 3.8) is 0 Å². The van der Waals surface area contributed by atoms with Crippen LogP contribution in [0.1, 0.15) is 40.6 Å². The first kappa shape index (κ1) is 25.5. The van der Waals surface area contributed by atoms with Crippen LogP contribution in [-0.2, 0) is 19.4 Å². The molecule has 0 aliphatic carbocycles. The fourth-order valence-electron chi connectivity index (χ4n) is 4.18. The summed E-state index contributed by atoms with van der Waals surface area (Å²) >= 11 is 6.16. The summed E-state index contributed by atoms with van der Waals surface area (Å²) in [4.78, 5) is 39.5. The number of amides is 2. The smallest absolute Gasteiger partial charge is 0.352 e. The highest BCUT2D eigenvalue weighted by Crippen LogP contribution is 2.47. The average Bonchev–Trinajstić information content (AvgIpc) is 3.48. The van der Waals surface area contributed by atoms with E-state index in [1.54, 1.807) is 0 Å². The van der Waals surface area contributed by atoms with Gasteiger partial charge in [0.1, 0.15) is 11.8 Å². The Labute approximate surface area is 210 Å². The number of anilines is 1. The molecule has 1 fully saturated rings. The number of carboxylic acids is 1. The molecule has 11 nitrogen and oxygen atoms in total. The van der Waals surface area contributed by atoms with Gasteiger partial charge in [0.2, 0.25) is 0 Å². The molecule has 0 bridgehead atoms. The van der Waals surface area contributed by atoms with Gasteiger partial charge in [-0.25, -0.2) is 13.2 Å². The normalized spacial score (nSPS) is 15.8. The minimum Gasteiger partial charge on any atom is -0.505 e. The Morgan fingerprint density at radius 2 is 1.97 bits per heavy atom. The number of carbonyl (C=O) groups excluding carboxylic acids is 2. The van der Waals surface area contributed by atoms with Gasteiger partial charge < -0.3 is 31.0 Å². The van der Waals surface area contributed by atoms with Gasteiger partial charge in [-0.05, 0) is 37.1 Å². The first-order chi connectivity index (χ1) is 17.0. The maximum atomic E-state index is 13.2. The lowest BCUT2D eigenvalue weighted by molar-refractivity contribution is -0.124. The summed E-state index contributed by atoms with van der Waals surface area (Å²) in [7, 11) is -4.17. The van der Waals surface area contributed by atoms with Gasteiger partial charge in [0.05, 0.1) is 21.9 Å². The first-order valence-electron chi connectivity index (χ1n) is 10.9. The van der Waals surface area contributed by atoms with Gasteiger partial charge in [0.15, 0.2) is 15.6 Å². The van der Waals surface area contributed by atoms with Crippen molar-refractivity contribution in [2.75, 3.05) is 17.7 Å². The molecule has 4 rings (SSSR count). The quantitative estimate of drug-likeness (QED) is 0.285. The van der Waals surface area contributed by atoms with Crippen molar-refractivity contribution < 1.29 is 37.8 Å². The van der Waals surface area contributed by atoms with Gasteiger partial charge in [-0.1, -0.05) is 18.5 Å². The van der Waals surface area contributed by atoms with Crippen LogP contribution in [-0.4, -0.2) is 59.9 Å². The van der Waals surface area contributed by atoms with Crippen LogP contribution in [0.5, 0.6) is 5.75 Å². The number of hydrogen-bond donors (Lipinski definition) is 5. The summed E-state index contributed by atoms with van der Waals surface area (Å²) in [6, 6.07) is 5.31. The highest BCUT2D eigenvalue weighted by molar-refractivity contribution is 7.91. The molecule has 36 heavy (non-hydrogen) atoms. The molecule has 1 atom stereocenters. The molecule has 1 aliphatic heterocycles. The zero-order valence-corrected chi connectivity index (χ0v) is 20.5. The van der Waals surface area contributed by atoms with E-state index in [0.717, 1.165) is 6.07 Å². The lowest BCUT2D eigenvalue weighted by Crippen LogP contribution is -2.28. The summed E-state index contributed by atoms with van der Waals surface area (Å²) in [5.74, 6) is -4.55. The second kappa shape index (κ2) is 9.45. The summed E-state index contributed by atoms with van der Waals surface area (Å²) in [5, 5.41) is 23.9. The Morgan fingerprint density at radius 3 is 2.56 bits per heavy atom. The van der Waals surface area contributed by atoms with E-state index >= 15 is 0 Å². The van der Waals surface area contributed by atoms with Gasteiger partial charge in [-0.3, -0.25) is 9.59 Å². The number of halogens is 1. The highest BCUT2D eigenvalue weighted by Gasteiger charge is 2.34.